The zero-order chi connectivity index (χ0) is 16.9. The van der Waals surface area contributed by atoms with Gasteiger partial charge >= 0.3 is 0 Å². The van der Waals surface area contributed by atoms with Gasteiger partial charge in [0.1, 0.15) is 0 Å². The van der Waals surface area contributed by atoms with E-state index in [1.54, 1.807) is 7.11 Å². The van der Waals surface area contributed by atoms with Crippen LogP contribution in [0.15, 0.2) is 24.3 Å². The molecule has 0 radical (unpaired) electrons. The number of ether oxygens (including phenoxy) is 2. The molecule has 24 heavy (non-hydrogen) atoms. The summed E-state index contributed by atoms with van der Waals surface area (Å²) in [6, 6.07) is 8.03. The fraction of sp³-hybridized carbons (Fsp3) is 0.632. The van der Waals surface area contributed by atoms with Gasteiger partial charge < -0.3 is 14.8 Å². The summed E-state index contributed by atoms with van der Waals surface area (Å²) in [5.41, 5.74) is 1.14. The number of methoxy groups -OCH3 is 1. The van der Waals surface area contributed by atoms with Gasteiger partial charge in [-0.1, -0.05) is 36.6 Å². The Morgan fingerprint density at radius 2 is 2.04 bits per heavy atom. The lowest BCUT2D eigenvalue weighted by molar-refractivity contribution is -0.133. The van der Waals surface area contributed by atoms with Gasteiger partial charge in [0.2, 0.25) is 5.91 Å². The minimum absolute atomic E-state index is 0.0225. The molecule has 1 aliphatic carbocycles. The number of amides is 1. The molecule has 4 atom stereocenters. The summed E-state index contributed by atoms with van der Waals surface area (Å²) in [6.07, 6.45) is 6.14. The molecule has 1 aliphatic heterocycles. The fourth-order valence-corrected chi connectivity index (χ4v) is 4.08. The van der Waals surface area contributed by atoms with Crippen LogP contribution in [0.4, 0.5) is 0 Å². The maximum Gasteiger partial charge on any atom is 0.222 e. The molecule has 2 aliphatic rings. The number of nitrogens with one attached hydrogen (secondary N) is 1. The van der Waals surface area contributed by atoms with Crippen LogP contribution in [0.25, 0.3) is 0 Å². The Kier molecular flexibility index (Phi) is 6.14. The number of fused-ring (bicyclic) bond motifs is 1. The van der Waals surface area contributed by atoms with Crippen LogP contribution in [0, 0.1) is 5.92 Å². The molecule has 1 amide bonds. The molecule has 1 saturated heterocycles. The Morgan fingerprint density at radius 3 is 2.79 bits per heavy atom. The van der Waals surface area contributed by atoms with Gasteiger partial charge in [0.25, 0.3) is 0 Å². The SMILES string of the molecule is COCCC(=O)N[C@@H]1C[C@H](c2ccc(Cl)cc2)O[C@@H]2CCCC[C@@H]12. The largest absolute Gasteiger partial charge is 0.384 e. The number of rotatable bonds is 5. The molecule has 1 heterocycles. The van der Waals surface area contributed by atoms with Crippen molar-refractivity contribution in [1.82, 2.24) is 5.32 Å². The second kappa shape index (κ2) is 8.32. The number of hydrogen-bond donors (Lipinski definition) is 1. The van der Waals surface area contributed by atoms with Crippen molar-refractivity contribution < 1.29 is 14.3 Å². The van der Waals surface area contributed by atoms with Gasteiger partial charge in [0.05, 0.1) is 18.8 Å². The molecule has 132 valence electrons. The lowest BCUT2D eigenvalue weighted by atomic mass is 9.76. The average Bonchev–Trinajstić information content (AvgIpc) is 2.60. The van der Waals surface area contributed by atoms with E-state index in [-0.39, 0.29) is 24.2 Å². The van der Waals surface area contributed by atoms with Crippen molar-refractivity contribution in [3.63, 3.8) is 0 Å². The number of carbonyl (C=O) groups is 1. The Bertz CT molecular complexity index is 548. The summed E-state index contributed by atoms with van der Waals surface area (Å²) in [6.45, 7) is 0.462. The normalized spacial score (nSPS) is 29.8. The van der Waals surface area contributed by atoms with Crippen molar-refractivity contribution in [3.8, 4) is 0 Å². The summed E-state index contributed by atoms with van der Waals surface area (Å²) < 4.78 is 11.4. The molecule has 0 aromatic heterocycles. The quantitative estimate of drug-likeness (QED) is 0.875. The minimum atomic E-state index is 0.0225. The molecular weight excluding hydrogens is 326 g/mol. The van der Waals surface area contributed by atoms with E-state index in [9.17, 15) is 4.79 Å². The van der Waals surface area contributed by atoms with Crippen molar-refractivity contribution in [1.29, 1.82) is 0 Å². The Balaban J connectivity index is 1.71. The summed E-state index contributed by atoms with van der Waals surface area (Å²) in [5.74, 6) is 0.497. The molecule has 4 nitrogen and oxygen atoms in total. The first kappa shape index (κ1) is 17.7. The van der Waals surface area contributed by atoms with Crippen LogP contribution in [0.1, 0.15) is 50.2 Å². The molecule has 0 bridgehead atoms. The van der Waals surface area contributed by atoms with E-state index >= 15 is 0 Å². The highest BCUT2D eigenvalue weighted by Gasteiger charge is 2.40. The van der Waals surface area contributed by atoms with E-state index in [1.165, 1.54) is 12.8 Å². The highest BCUT2D eigenvalue weighted by Crippen LogP contribution is 2.41. The monoisotopic (exact) mass is 351 g/mol. The number of halogens is 1. The predicted molar refractivity (Wildman–Crippen MR) is 94.1 cm³/mol. The van der Waals surface area contributed by atoms with E-state index in [1.807, 2.05) is 24.3 Å². The molecular formula is C19H26ClNO3. The first-order chi connectivity index (χ1) is 11.7. The highest BCUT2D eigenvalue weighted by atomic mass is 35.5. The van der Waals surface area contributed by atoms with Crippen molar-refractivity contribution in [2.75, 3.05) is 13.7 Å². The topological polar surface area (TPSA) is 47.6 Å². The minimum Gasteiger partial charge on any atom is -0.384 e. The number of benzene rings is 1. The van der Waals surface area contributed by atoms with Crippen LogP contribution >= 0.6 is 11.6 Å². The first-order valence-electron chi connectivity index (χ1n) is 8.86. The van der Waals surface area contributed by atoms with Crippen molar-refractivity contribution >= 4 is 17.5 Å². The first-order valence-corrected chi connectivity index (χ1v) is 9.24. The predicted octanol–water partition coefficient (Wildman–Crippen LogP) is 3.88. The molecule has 3 rings (SSSR count). The summed E-state index contributed by atoms with van der Waals surface area (Å²) in [4.78, 5) is 12.2. The van der Waals surface area contributed by atoms with Crippen LogP contribution in [0.2, 0.25) is 5.02 Å². The zero-order valence-electron chi connectivity index (χ0n) is 14.2. The van der Waals surface area contributed by atoms with Gasteiger partial charge in [-0.25, -0.2) is 0 Å². The third-order valence-corrected chi connectivity index (χ3v) is 5.45. The van der Waals surface area contributed by atoms with Crippen LogP contribution < -0.4 is 5.32 Å². The molecule has 1 N–H and O–H groups in total. The van der Waals surface area contributed by atoms with Crippen LogP contribution in [-0.2, 0) is 14.3 Å². The van der Waals surface area contributed by atoms with Crippen molar-refractivity contribution in [3.05, 3.63) is 34.9 Å². The van der Waals surface area contributed by atoms with Crippen LogP contribution in [-0.4, -0.2) is 31.8 Å². The lowest BCUT2D eigenvalue weighted by Crippen LogP contribution is -2.51. The van der Waals surface area contributed by atoms with Crippen molar-refractivity contribution in [2.45, 2.75) is 56.8 Å². The number of hydrogen-bond acceptors (Lipinski definition) is 3. The van der Waals surface area contributed by atoms with E-state index in [2.05, 4.69) is 5.32 Å². The van der Waals surface area contributed by atoms with Crippen molar-refractivity contribution in [2.24, 2.45) is 5.92 Å². The zero-order valence-corrected chi connectivity index (χ0v) is 14.9. The number of carbonyl (C=O) groups excluding carboxylic acids is 1. The third-order valence-electron chi connectivity index (χ3n) is 5.20. The molecule has 1 saturated carbocycles. The maximum atomic E-state index is 12.2. The van der Waals surface area contributed by atoms with Crippen LogP contribution in [0.3, 0.4) is 0 Å². The molecule has 1 aromatic carbocycles. The van der Waals surface area contributed by atoms with E-state index in [4.69, 9.17) is 21.1 Å². The highest BCUT2D eigenvalue weighted by molar-refractivity contribution is 6.30. The maximum absolute atomic E-state index is 12.2. The second-order valence-electron chi connectivity index (χ2n) is 6.82. The molecule has 5 heteroatoms. The Hall–Kier alpha value is -1.10. The standard InChI is InChI=1S/C19H26ClNO3/c1-23-11-10-19(22)21-16-12-18(13-6-8-14(20)9-7-13)24-17-5-3-2-4-15(16)17/h6-9,15-18H,2-5,10-12H2,1H3,(H,21,22)/t15-,16+,17+,18+/m0/s1. The summed E-state index contributed by atoms with van der Waals surface area (Å²) in [5, 5.41) is 3.97. The molecule has 0 spiro atoms. The van der Waals surface area contributed by atoms with Gasteiger partial charge in [-0.2, -0.15) is 0 Å². The van der Waals surface area contributed by atoms with Gasteiger partial charge in [-0.3, -0.25) is 4.79 Å². The summed E-state index contributed by atoms with van der Waals surface area (Å²) in [7, 11) is 1.62. The molecule has 0 unspecified atom stereocenters. The third kappa shape index (κ3) is 4.29. The van der Waals surface area contributed by atoms with E-state index in [0.717, 1.165) is 29.8 Å². The van der Waals surface area contributed by atoms with Gasteiger partial charge in [0.15, 0.2) is 0 Å². The van der Waals surface area contributed by atoms with Crippen LogP contribution in [0.5, 0.6) is 0 Å². The van der Waals surface area contributed by atoms with E-state index in [0.29, 0.717) is 18.9 Å². The molecule has 2 fully saturated rings. The fourth-order valence-electron chi connectivity index (χ4n) is 3.96. The average molecular weight is 352 g/mol. The molecule has 1 aromatic rings. The Labute approximate surface area is 148 Å². The smallest absolute Gasteiger partial charge is 0.222 e. The summed E-state index contributed by atoms with van der Waals surface area (Å²) >= 11 is 6.00. The van der Waals surface area contributed by atoms with Gasteiger partial charge in [0, 0.05) is 30.5 Å². The van der Waals surface area contributed by atoms with Gasteiger partial charge in [-0.05, 0) is 37.0 Å². The Morgan fingerprint density at radius 1 is 1.29 bits per heavy atom. The second-order valence-corrected chi connectivity index (χ2v) is 7.25. The lowest BCUT2D eigenvalue weighted by Gasteiger charge is -2.45. The van der Waals surface area contributed by atoms with Gasteiger partial charge in [-0.15, -0.1) is 0 Å². The van der Waals surface area contributed by atoms with E-state index < -0.39 is 0 Å².